The Morgan fingerprint density at radius 3 is 2.92 bits per heavy atom. The SMILES string of the molecule is O=C1C[C@@H](CO)[C@H]2[C@@H]1[C@@H]1C=C[C@H]2C1. The Hall–Kier alpha value is -0.630. The third-order valence-corrected chi connectivity index (χ3v) is 4.13. The van der Waals surface area contributed by atoms with Crippen LogP contribution in [0.25, 0.3) is 0 Å². The number of carbonyl (C=O) groups excluding carboxylic acids is 1. The quantitative estimate of drug-likeness (QED) is 0.608. The van der Waals surface area contributed by atoms with E-state index in [1.807, 2.05) is 0 Å². The largest absolute Gasteiger partial charge is 0.396 e. The van der Waals surface area contributed by atoms with Gasteiger partial charge in [-0.15, -0.1) is 0 Å². The lowest BCUT2D eigenvalue weighted by Crippen LogP contribution is -2.23. The molecule has 0 radical (unpaired) electrons. The van der Waals surface area contributed by atoms with Crippen LogP contribution in [0.2, 0.25) is 0 Å². The molecule has 70 valence electrons. The van der Waals surface area contributed by atoms with Crippen molar-refractivity contribution in [3.63, 3.8) is 0 Å². The second-order valence-electron chi connectivity index (χ2n) is 4.66. The monoisotopic (exact) mass is 178 g/mol. The molecular weight excluding hydrogens is 164 g/mol. The van der Waals surface area contributed by atoms with Gasteiger partial charge in [-0.05, 0) is 30.1 Å². The second kappa shape index (κ2) is 2.44. The molecule has 2 bridgehead atoms. The molecule has 1 N–H and O–H groups in total. The molecule has 13 heavy (non-hydrogen) atoms. The van der Waals surface area contributed by atoms with E-state index in [-0.39, 0.29) is 18.4 Å². The third-order valence-electron chi connectivity index (χ3n) is 4.13. The highest BCUT2D eigenvalue weighted by molar-refractivity contribution is 5.85. The first-order chi connectivity index (χ1) is 6.31. The maximum atomic E-state index is 11.7. The lowest BCUT2D eigenvalue weighted by Gasteiger charge is -2.23. The number of hydrogen-bond donors (Lipinski definition) is 1. The van der Waals surface area contributed by atoms with E-state index in [0.29, 0.717) is 30.0 Å². The van der Waals surface area contributed by atoms with E-state index >= 15 is 0 Å². The van der Waals surface area contributed by atoms with Gasteiger partial charge in [-0.1, -0.05) is 12.2 Å². The molecule has 0 unspecified atom stereocenters. The molecular formula is C11H14O2. The van der Waals surface area contributed by atoms with Gasteiger partial charge in [0.25, 0.3) is 0 Å². The predicted octanol–water partition coefficient (Wildman–Crippen LogP) is 1.01. The summed E-state index contributed by atoms with van der Waals surface area (Å²) in [6, 6.07) is 0. The number of Topliss-reactive ketones (excluding diaryl/α,β-unsaturated/α-hetero) is 1. The van der Waals surface area contributed by atoms with E-state index in [2.05, 4.69) is 12.2 Å². The van der Waals surface area contributed by atoms with E-state index in [0.717, 1.165) is 6.42 Å². The van der Waals surface area contributed by atoms with E-state index < -0.39 is 0 Å². The fourth-order valence-electron chi connectivity index (χ4n) is 3.67. The second-order valence-corrected chi connectivity index (χ2v) is 4.66. The smallest absolute Gasteiger partial charge is 0.137 e. The van der Waals surface area contributed by atoms with Crippen LogP contribution in [0.3, 0.4) is 0 Å². The summed E-state index contributed by atoms with van der Waals surface area (Å²) >= 11 is 0. The van der Waals surface area contributed by atoms with Crippen LogP contribution >= 0.6 is 0 Å². The van der Waals surface area contributed by atoms with Crippen molar-refractivity contribution in [2.24, 2.45) is 29.6 Å². The zero-order chi connectivity index (χ0) is 9.00. The fourth-order valence-corrected chi connectivity index (χ4v) is 3.67. The molecule has 3 rings (SSSR count). The molecule has 2 heteroatoms. The van der Waals surface area contributed by atoms with Crippen LogP contribution in [-0.4, -0.2) is 17.5 Å². The highest BCUT2D eigenvalue weighted by Crippen LogP contribution is 2.55. The van der Waals surface area contributed by atoms with Crippen LogP contribution in [0.15, 0.2) is 12.2 Å². The highest BCUT2D eigenvalue weighted by atomic mass is 16.3. The van der Waals surface area contributed by atoms with Crippen LogP contribution in [-0.2, 0) is 4.79 Å². The highest BCUT2D eigenvalue weighted by Gasteiger charge is 2.54. The van der Waals surface area contributed by atoms with Gasteiger partial charge >= 0.3 is 0 Å². The molecule has 3 aliphatic carbocycles. The lowest BCUT2D eigenvalue weighted by atomic mass is 9.81. The number of hydrogen-bond acceptors (Lipinski definition) is 2. The minimum Gasteiger partial charge on any atom is -0.396 e. The third kappa shape index (κ3) is 0.845. The number of aliphatic hydroxyl groups is 1. The van der Waals surface area contributed by atoms with E-state index in [9.17, 15) is 9.90 Å². The van der Waals surface area contributed by atoms with Gasteiger partial charge < -0.3 is 5.11 Å². The summed E-state index contributed by atoms with van der Waals surface area (Å²) in [6.45, 7) is 0.198. The normalized spacial score (nSPS) is 51.8. The fraction of sp³-hybridized carbons (Fsp3) is 0.727. The molecule has 0 heterocycles. The van der Waals surface area contributed by atoms with Crippen LogP contribution in [0.1, 0.15) is 12.8 Å². The van der Waals surface area contributed by atoms with Gasteiger partial charge in [0.05, 0.1) is 0 Å². The molecule has 0 spiro atoms. The van der Waals surface area contributed by atoms with Crippen molar-refractivity contribution in [3.8, 4) is 0 Å². The number of ketones is 1. The van der Waals surface area contributed by atoms with Crippen molar-refractivity contribution in [1.82, 2.24) is 0 Å². The van der Waals surface area contributed by atoms with Crippen LogP contribution in [0.4, 0.5) is 0 Å². The topological polar surface area (TPSA) is 37.3 Å². The molecule has 2 nitrogen and oxygen atoms in total. The summed E-state index contributed by atoms with van der Waals surface area (Å²) in [6.07, 6.45) is 6.26. The molecule has 0 amide bonds. The molecule has 0 saturated heterocycles. The molecule has 0 aromatic rings. The molecule has 0 aromatic carbocycles. The summed E-state index contributed by atoms with van der Waals surface area (Å²) < 4.78 is 0. The summed E-state index contributed by atoms with van der Waals surface area (Å²) in [5, 5.41) is 9.18. The zero-order valence-corrected chi connectivity index (χ0v) is 7.52. The first-order valence-electron chi connectivity index (χ1n) is 5.13. The van der Waals surface area contributed by atoms with Gasteiger partial charge in [-0.2, -0.15) is 0 Å². The predicted molar refractivity (Wildman–Crippen MR) is 47.9 cm³/mol. The molecule has 3 aliphatic rings. The number of carbonyl (C=O) groups is 1. The van der Waals surface area contributed by atoms with Crippen LogP contribution < -0.4 is 0 Å². The molecule has 5 atom stereocenters. The maximum absolute atomic E-state index is 11.7. The van der Waals surface area contributed by atoms with Gasteiger partial charge in [0.15, 0.2) is 0 Å². The lowest BCUT2D eigenvalue weighted by molar-refractivity contribution is -0.121. The van der Waals surface area contributed by atoms with E-state index in [1.54, 1.807) is 0 Å². The van der Waals surface area contributed by atoms with Crippen molar-refractivity contribution >= 4 is 5.78 Å². The maximum Gasteiger partial charge on any atom is 0.137 e. The van der Waals surface area contributed by atoms with E-state index in [4.69, 9.17) is 0 Å². The number of allylic oxidation sites excluding steroid dienone is 2. The van der Waals surface area contributed by atoms with Gasteiger partial charge in [-0.3, -0.25) is 4.79 Å². The zero-order valence-electron chi connectivity index (χ0n) is 7.52. The summed E-state index contributed by atoms with van der Waals surface area (Å²) in [5.41, 5.74) is 0. The van der Waals surface area contributed by atoms with Gasteiger partial charge in [0.1, 0.15) is 5.78 Å². The Bertz CT molecular complexity index is 282. The van der Waals surface area contributed by atoms with Gasteiger partial charge in [0.2, 0.25) is 0 Å². The minimum atomic E-state index is 0.198. The van der Waals surface area contributed by atoms with Crippen LogP contribution in [0, 0.1) is 29.6 Å². The van der Waals surface area contributed by atoms with E-state index in [1.165, 1.54) is 0 Å². The number of aliphatic hydroxyl groups excluding tert-OH is 1. The summed E-state index contributed by atoms with van der Waals surface area (Å²) in [4.78, 5) is 11.7. The summed E-state index contributed by atoms with van der Waals surface area (Å²) in [7, 11) is 0. The average Bonchev–Trinajstić information content (AvgIpc) is 2.76. The molecule has 2 saturated carbocycles. The first-order valence-corrected chi connectivity index (χ1v) is 5.13. The van der Waals surface area contributed by atoms with Crippen molar-refractivity contribution in [2.75, 3.05) is 6.61 Å². The van der Waals surface area contributed by atoms with Crippen LogP contribution in [0.5, 0.6) is 0 Å². The molecule has 0 aliphatic heterocycles. The minimum absolute atomic E-state index is 0.198. The van der Waals surface area contributed by atoms with Gasteiger partial charge in [-0.25, -0.2) is 0 Å². The standard InChI is InChI=1S/C11H14O2/c12-5-8-4-9(13)11-7-2-1-6(3-7)10(8)11/h1-2,6-8,10-12H,3-5H2/t6-,7+,8-,10-,11+/m0/s1. The Kier molecular flexibility index (Phi) is 1.46. The van der Waals surface area contributed by atoms with Crippen molar-refractivity contribution in [2.45, 2.75) is 12.8 Å². The Labute approximate surface area is 77.6 Å². The number of rotatable bonds is 1. The summed E-state index contributed by atoms with van der Waals surface area (Å²) in [5.74, 6) is 2.52. The molecule has 0 aromatic heterocycles. The van der Waals surface area contributed by atoms with Crippen molar-refractivity contribution in [3.05, 3.63) is 12.2 Å². The first kappa shape index (κ1) is 7.74. The van der Waals surface area contributed by atoms with Gasteiger partial charge in [0, 0.05) is 18.9 Å². The Balaban J connectivity index is 1.97. The number of fused-ring (bicyclic) bond motifs is 5. The Morgan fingerprint density at radius 1 is 1.38 bits per heavy atom. The Morgan fingerprint density at radius 2 is 2.15 bits per heavy atom. The molecule has 2 fully saturated rings. The van der Waals surface area contributed by atoms with Crippen molar-refractivity contribution < 1.29 is 9.90 Å². The van der Waals surface area contributed by atoms with Crippen molar-refractivity contribution in [1.29, 1.82) is 0 Å². The average molecular weight is 178 g/mol.